The van der Waals surface area contributed by atoms with Gasteiger partial charge in [-0.3, -0.25) is 0 Å². The van der Waals surface area contributed by atoms with Gasteiger partial charge in [0.25, 0.3) is 0 Å². The molecule has 17 heavy (non-hydrogen) atoms. The van der Waals surface area contributed by atoms with Gasteiger partial charge in [0.15, 0.2) is 0 Å². The summed E-state index contributed by atoms with van der Waals surface area (Å²) in [4.78, 5) is 0. The van der Waals surface area contributed by atoms with Crippen LogP contribution in [0.25, 0.3) is 0 Å². The normalized spacial score (nSPS) is 17.1. The summed E-state index contributed by atoms with van der Waals surface area (Å²) in [5.41, 5.74) is 1.07. The van der Waals surface area contributed by atoms with Crippen LogP contribution in [-0.4, -0.2) is 12.6 Å². The minimum Gasteiger partial charge on any atom is -0.314 e. The van der Waals surface area contributed by atoms with Crippen molar-refractivity contribution in [3.63, 3.8) is 0 Å². The van der Waals surface area contributed by atoms with E-state index in [4.69, 9.17) is 0 Å². The molecule has 3 heteroatoms. The Morgan fingerprint density at radius 1 is 1.47 bits per heavy atom. The lowest BCUT2D eigenvalue weighted by Crippen LogP contribution is -2.20. The van der Waals surface area contributed by atoms with E-state index >= 15 is 0 Å². The summed E-state index contributed by atoms with van der Waals surface area (Å²) >= 11 is 3.32. The van der Waals surface area contributed by atoms with E-state index in [1.54, 1.807) is 6.07 Å². The number of halogens is 2. The van der Waals surface area contributed by atoms with E-state index in [-0.39, 0.29) is 5.82 Å². The molecule has 1 fully saturated rings. The lowest BCUT2D eigenvalue weighted by Gasteiger charge is -2.13. The molecule has 1 atom stereocenters. The van der Waals surface area contributed by atoms with E-state index in [9.17, 15) is 4.39 Å². The first-order chi connectivity index (χ1) is 8.16. The largest absolute Gasteiger partial charge is 0.314 e. The minimum atomic E-state index is -0.161. The second kappa shape index (κ2) is 5.96. The van der Waals surface area contributed by atoms with Gasteiger partial charge in [0.1, 0.15) is 5.82 Å². The van der Waals surface area contributed by atoms with Crippen molar-refractivity contribution in [1.29, 1.82) is 0 Å². The molecule has 1 aromatic carbocycles. The number of benzene rings is 1. The lowest BCUT2D eigenvalue weighted by molar-refractivity contribution is 0.495. The predicted molar refractivity (Wildman–Crippen MR) is 72.6 cm³/mol. The van der Waals surface area contributed by atoms with E-state index in [1.165, 1.54) is 18.9 Å². The molecule has 0 amide bonds. The second-order valence-electron chi connectivity index (χ2n) is 5.04. The molecular formula is C14H19BrFN. The topological polar surface area (TPSA) is 12.0 Å². The van der Waals surface area contributed by atoms with Gasteiger partial charge < -0.3 is 5.32 Å². The van der Waals surface area contributed by atoms with Gasteiger partial charge in [0.05, 0.1) is 4.47 Å². The van der Waals surface area contributed by atoms with E-state index in [2.05, 4.69) is 28.2 Å². The van der Waals surface area contributed by atoms with Crippen LogP contribution in [0.2, 0.25) is 0 Å². The number of hydrogen-bond donors (Lipinski definition) is 1. The fourth-order valence-electron chi connectivity index (χ4n) is 2.00. The van der Waals surface area contributed by atoms with Crippen molar-refractivity contribution in [3.8, 4) is 0 Å². The number of nitrogens with one attached hydrogen (secondary N) is 1. The Labute approximate surface area is 111 Å². The second-order valence-corrected chi connectivity index (χ2v) is 5.83. The molecule has 1 unspecified atom stereocenters. The Hall–Kier alpha value is -0.410. The Bertz CT molecular complexity index is 376. The van der Waals surface area contributed by atoms with E-state index in [0.717, 1.165) is 31.0 Å². The zero-order valence-electron chi connectivity index (χ0n) is 10.2. The molecule has 0 saturated heterocycles. The van der Waals surface area contributed by atoms with Gasteiger partial charge in [0, 0.05) is 6.04 Å². The van der Waals surface area contributed by atoms with Crippen molar-refractivity contribution < 1.29 is 4.39 Å². The highest BCUT2D eigenvalue weighted by Crippen LogP contribution is 2.24. The van der Waals surface area contributed by atoms with Crippen LogP contribution in [0, 0.1) is 11.7 Å². The van der Waals surface area contributed by atoms with Crippen LogP contribution in [0.1, 0.15) is 31.7 Å². The van der Waals surface area contributed by atoms with Crippen molar-refractivity contribution >= 4 is 15.9 Å². The molecule has 1 aromatic rings. The van der Waals surface area contributed by atoms with Crippen molar-refractivity contribution in [2.24, 2.45) is 5.92 Å². The zero-order valence-corrected chi connectivity index (χ0v) is 11.8. The highest BCUT2D eigenvalue weighted by atomic mass is 79.9. The first-order valence-electron chi connectivity index (χ1n) is 6.33. The summed E-state index contributed by atoms with van der Waals surface area (Å²) in [5.74, 6) is 0.421. The summed E-state index contributed by atoms with van der Waals surface area (Å²) in [7, 11) is 0. The van der Waals surface area contributed by atoms with Crippen LogP contribution in [-0.2, 0) is 6.42 Å². The molecule has 1 nitrogen and oxygen atoms in total. The lowest BCUT2D eigenvalue weighted by atomic mass is 9.98. The van der Waals surface area contributed by atoms with Crippen LogP contribution in [0.5, 0.6) is 0 Å². The third kappa shape index (κ3) is 4.07. The van der Waals surface area contributed by atoms with Crippen molar-refractivity contribution in [2.45, 2.75) is 38.6 Å². The maximum Gasteiger partial charge on any atom is 0.137 e. The summed E-state index contributed by atoms with van der Waals surface area (Å²) in [5, 5.41) is 3.51. The van der Waals surface area contributed by atoms with Gasteiger partial charge in [-0.15, -0.1) is 0 Å². The van der Waals surface area contributed by atoms with Crippen LogP contribution in [0.15, 0.2) is 22.7 Å². The zero-order chi connectivity index (χ0) is 12.3. The van der Waals surface area contributed by atoms with Crippen LogP contribution >= 0.6 is 15.9 Å². The fraction of sp³-hybridized carbons (Fsp3) is 0.571. The summed E-state index contributed by atoms with van der Waals surface area (Å²) < 4.78 is 14.0. The fourth-order valence-corrected chi connectivity index (χ4v) is 2.43. The average Bonchev–Trinajstić information content (AvgIpc) is 3.09. The highest BCUT2D eigenvalue weighted by molar-refractivity contribution is 9.10. The molecule has 0 heterocycles. The summed E-state index contributed by atoms with van der Waals surface area (Å²) in [6.45, 7) is 3.31. The van der Waals surface area contributed by atoms with Crippen LogP contribution in [0.4, 0.5) is 4.39 Å². The van der Waals surface area contributed by atoms with E-state index < -0.39 is 0 Å². The molecule has 2 rings (SSSR count). The Balaban J connectivity index is 1.79. The standard InChI is InChI=1S/C14H19BrFN/c1-10(7-8-17-12-5-6-12)9-11-3-2-4-13(16)14(11)15/h2-4,10,12,17H,5-9H2,1H3. The van der Waals surface area contributed by atoms with Gasteiger partial charge in [-0.1, -0.05) is 19.1 Å². The van der Waals surface area contributed by atoms with E-state index in [1.807, 2.05) is 6.07 Å². The monoisotopic (exact) mass is 299 g/mol. The van der Waals surface area contributed by atoms with Gasteiger partial charge in [0.2, 0.25) is 0 Å². The molecule has 1 N–H and O–H groups in total. The van der Waals surface area contributed by atoms with E-state index in [0.29, 0.717) is 10.4 Å². The molecule has 0 aromatic heterocycles. The summed E-state index contributed by atoms with van der Waals surface area (Å²) in [6, 6.07) is 6.05. The molecule has 0 aliphatic heterocycles. The van der Waals surface area contributed by atoms with Gasteiger partial charge in [-0.2, -0.15) is 0 Å². The smallest absolute Gasteiger partial charge is 0.137 e. The van der Waals surface area contributed by atoms with Gasteiger partial charge in [-0.25, -0.2) is 4.39 Å². The first-order valence-corrected chi connectivity index (χ1v) is 7.12. The maximum atomic E-state index is 13.3. The average molecular weight is 300 g/mol. The van der Waals surface area contributed by atoms with Crippen molar-refractivity contribution in [2.75, 3.05) is 6.54 Å². The molecular weight excluding hydrogens is 281 g/mol. The van der Waals surface area contributed by atoms with Crippen LogP contribution in [0.3, 0.4) is 0 Å². The Morgan fingerprint density at radius 2 is 2.24 bits per heavy atom. The number of rotatable bonds is 6. The molecule has 0 spiro atoms. The molecule has 94 valence electrons. The van der Waals surface area contributed by atoms with Gasteiger partial charge >= 0.3 is 0 Å². The SMILES string of the molecule is CC(CCNC1CC1)Cc1cccc(F)c1Br. The number of hydrogen-bond acceptors (Lipinski definition) is 1. The first kappa shape index (κ1) is 13.0. The van der Waals surface area contributed by atoms with Gasteiger partial charge in [-0.05, 0) is 65.7 Å². The molecule has 1 saturated carbocycles. The molecule has 1 aliphatic rings. The van der Waals surface area contributed by atoms with Crippen molar-refractivity contribution in [1.82, 2.24) is 5.32 Å². The van der Waals surface area contributed by atoms with Crippen LogP contribution < -0.4 is 5.32 Å². The highest BCUT2D eigenvalue weighted by Gasteiger charge is 2.20. The third-order valence-corrected chi connectivity index (χ3v) is 4.14. The predicted octanol–water partition coefficient (Wildman–Crippen LogP) is 3.91. The maximum absolute atomic E-state index is 13.3. The van der Waals surface area contributed by atoms with Crippen molar-refractivity contribution in [3.05, 3.63) is 34.1 Å². The third-order valence-electron chi connectivity index (χ3n) is 3.25. The molecule has 0 bridgehead atoms. The summed E-state index contributed by atoms with van der Waals surface area (Å²) in [6.07, 6.45) is 4.76. The Kier molecular flexibility index (Phi) is 4.57. The molecule has 0 radical (unpaired) electrons. The quantitative estimate of drug-likeness (QED) is 0.840. The minimum absolute atomic E-state index is 0.161. The molecule has 1 aliphatic carbocycles. The Morgan fingerprint density at radius 3 is 2.94 bits per heavy atom.